The molecule has 0 radical (unpaired) electrons. The molecule has 2 aromatic rings. The summed E-state index contributed by atoms with van der Waals surface area (Å²) in [4.78, 5) is 11.8. The number of alkyl halides is 3. The van der Waals surface area contributed by atoms with Crippen LogP contribution in [-0.4, -0.2) is 29.2 Å². The molecule has 0 aliphatic carbocycles. The third kappa shape index (κ3) is 4.94. The van der Waals surface area contributed by atoms with Crippen LogP contribution < -0.4 is 10.6 Å². The summed E-state index contributed by atoms with van der Waals surface area (Å²) in [6, 6.07) is 7.83. The lowest BCUT2D eigenvalue weighted by Gasteiger charge is -2.10. The van der Waals surface area contributed by atoms with Crippen LogP contribution in [0.15, 0.2) is 36.4 Å². The Kier molecular flexibility index (Phi) is 5.15. The highest BCUT2D eigenvalue weighted by molar-refractivity contribution is 5.94. The summed E-state index contributed by atoms with van der Waals surface area (Å²) in [5.41, 5.74) is -0.0958. The first-order valence-electron chi connectivity index (χ1n) is 6.86. The fourth-order valence-corrected chi connectivity index (χ4v) is 1.80. The lowest BCUT2D eigenvalue weighted by atomic mass is 10.1. The van der Waals surface area contributed by atoms with Gasteiger partial charge in [0, 0.05) is 18.7 Å². The monoisotopic (exact) mass is 324 g/mol. The van der Waals surface area contributed by atoms with E-state index in [0.29, 0.717) is 12.4 Å². The molecule has 0 aliphatic rings. The Bertz CT molecular complexity index is 671. The third-order valence-electron chi connectivity index (χ3n) is 2.97. The molecule has 0 saturated carbocycles. The van der Waals surface area contributed by atoms with Crippen molar-refractivity contribution in [3.63, 3.8) is 0 Å². The SMILES string of the molecule is Cc1ccc(NCCNC(=O)c2cccc(C(F)(F)F)c2)nn1. The van der Waals surface area contributed by atoms with Crippen molar-refractivity contribution >= 4 is 11.7 Å². The number of halogens is 3. The zero-order valence-corrected chi connectivity index (χ0v) is 12.3. The lowest BCUT2D eigenvalue weighted by molar-refractivity contribution is -0.137. The van der Waals surface area contributed by atoms with Crippen LogP contribution >= 0.6 is 0 Å². The lowest BCUT2D eigenvalue weighted by Crippen LogP contribution is -2.29. The van der Waals surface area contributed by atoms with E-state index < -0.39 is 17.6 Å². The molecule has 2 N–H and O–H groups in total. The van der Waals surface area contributed by atoms with Crippen LogP contribution in [0, 0.1) is 6.92 Å². The van der Waals surface area contributed by atoms with E-state index in [2.05, 4.69) is 20.8 Å². The highest BCUT2D eigenvalue weighted by Crippen LogP contribution is 2.29. The Hall–Kier alpha value is -2.64. The van der Waals surface area contributed by atoms with Crippen LogP contribution in [0.3, 0.4) is 0 Å². The largest absolute Gasteiger partial charge is 0.416 e. The summed E-state index contributed by atoms with van der Waals surface area (Å²) >= 11 is 0. The van der Waals surface area contributed by atoms with E-state index in [-0.39, 0.29) is 12.1 Å². The Morgan fingerprint density at radius 3 is 2.57 bits per heavy atom. The number of amides is 1. The quantitative estimate of drug-likeness (QED) is 0.830. The minimum absolute atomic E-state index is 0.0325. The zero-order chi connectivity index (χ0) is 16.9. The number of carbonyl (C=O) groups excluding carboxylic acids is 1. The van der Waals surface area contributed by atoms with E-state index in [1.807, 2.05) is 6.92 Å². The van der Waals surface area contributed by atoms with E-state index in [0.717, 1.165) is 17.8 Å². The first kappa shape index (κ1) is 16.7. The van der Waals surface area contributed by atoms with Gasteiger partial charge >= 0.3 is 6.18 Å². The van der Waals surface area contributed by atoms with Crippen LogP contribution in [0.5, 0.6) is 0 Å². The topological polar surface area (TPSA) is 66.9 Å². The average Bonchev–Trinajstić information content (AvgIpc) is 2.52. The van der Waals surface area contributed by atoms with Gasteiger partial charge in [0.15, 0.2) is 0 Å². The summed E-state index contributed by atoms with van der Waals surface area (Å²) < 4.78 is 37.8. The third-order valence-corrected chi connectivity index (χ3v) is 2.97. The van der Waals surface area contributed by atoms with E-state index in [1.54, 1.807) is 12.1 Å². The molecule has 1 aromatic carbocycles. The van der Waals surface area contributed by atoms with E-state index >= 15 is 0 Å². The number of aryl methyl sites for hydroxylation is 1. The predicted octanol–water partition coefficient (Wildman–Crippen LogP) is 2.65. The summed E-state index contributed by atoms with van der Waals surface area (Å²) in [7, 11) is 0. The molecule has 0 aliphatic heterocycles. The van der Waals surface area contributed by atoms with Crippen molar-refractivity contribution in [1.29, 1.82) is 0 Å². The minimum atomic E-state index is -4.47. The van der Waals surface area contributed by atoms with Crippen LogP contribution in [0.1, 0.15) is 21.6 Å². The number of hydrogen-bond donors (Lipinski definition) is 2. The number of carbonyl (C=O) groups is 1. The molecule has 122 valence electrons. The molecule has 8 heteroatoms. The second-order valence-electron chi connectivity index (χ2n) is 4.82. The van der Waals surface area contributed by atoms with Crippen molar-refractivity contribution in [1.82, 2.24) is 15.5 Å². The number of rotatable bonds is 5. The normalized spacial score (nSPS) is 11.1. The Morgan fingerprint density at radius 2 is 1.91 bits per heavy atom. The second-order valence-corrected chi connectivity index (χ2v) is 4.82. The van der Waals surface area contributed by atoms with Crippen LogP contribution in [0.2, 0.25) is 0 Å². The maximum atomic E-state index is 12.6. The molecule has 1 aromatic heterocycles. The number of nitrogens with zero attached hydrogens (tertiary/aromatic N) is 2. The number of aromatic nitrogens is 2. The maximum absolute atomic E-state index is 12.6. The fourth-order valence-electron chi connectivity index (χ4n) is 1.80. The molecule has 0 atom stereocenters. The van der Waals surface area contributed by atoms with Gasteiger partial charge in [-0.3, -0.25) is 4.79 Å². The molecular formula is C15H15F3N4O. The summed E-state index contributed by atoms with van der Waals surface area (Å²) in [6.45, 7) is 2.43. The molecule has 0 saturated heterocycles. The van der Waals surface area contributed by atoms with Crippen LogP contribution in [0.4, 0.5) is 19.0 Å². The highest BCUT2D eigenvalue weighted by Gasteiger charge is 2.30. The molecule has 0 bridgehead atoms. The molecule has 2 rings (SSSR count). The minimum Gasteiger partial charge on any atom is -0.367 e. The number of anilines is 1. The van der Waals surface area contributed by atoms with Crippen LogP contribution in [-0.2, 0) is 6.18 Å². The van der Waals surface area contributed by atoms with E-state index in [4.69, 9.17) is 0 Å². The molecular weight excluding hydrogens is 309 g/mol. The molecule has 0 unspecified atom stereocenters. The zero-order valence-electron chi connectivity index (χ0n) is 12.3. The van der Waals surface area contributed by atoms with E-state index in [9.17, 15) is 18.0 Å². The van der Waals surface area contributed by atoms with Gasteiger partial charge in [0.05, 0.1) is 11.3 Å². The Labute approximate surface area is 130 Å². The number of nitrogens with one attached hydrogen (secondary N) is 2. The molecule has 5 nitrogen and oxygen atoms in total. The van der Waals surface area contributed by atoms with Crippen LogP contribution in [0.25, 0.3) is 0 Å². The maximum Gasteiger partial charge on any atom is 0.416 e. The second kappa shape index (κ2) is 7.08. The number of benzene rings is 1. The van der Waals surface area contributed by atoms with Gasteiger partial charge in [0.1, 0.15) is 5.82 Å². The van der Waals surface area contributed by atoms with Crippen molar-refractivity contribution in [3.05, 3.63) is 53.2 Å². The van der Waals surface area contributed by atoms with Gasteiger partial charge in [0.2, 0.25) is 0 Å². The van der Waals surface area contributed by atoms with Crippen molar-refractivity contribution in [3.8, 4) is 0 Å². The average molecular weight is 324 g/mol. The molecule has 1 amide bonds. The van der Waals surface area contributed by atoms with Crippen molar-refractivity contribution in [2.45, 2.75) is 13.1 Å². The molecule has 23 heavy (non-hydrogen) atoms. The smallest absolute Gasteiger partial charge is 0.367 e. The van der Waals surface area contributed by atoms with Crippen molar-refractivity contribution in [2.24, 2.45) is 0 Å². The molecule has 1 heterocycles. The summed E-state index contributed by atoms with van der Waals surface area (Å²) in [5, 5.41) is 13.2. The van der Waals surface area contributed by atoms with Gasteiger partial charge in [-0.05, 0) is 37.3 Å². The fraction of sp³-hybridized carbons (Fsp3) is 0.267. The first-order chi connectivity index (χ1) is 10.9. The Balaban J connectivity index is 1.84. The predicted molar refractivity (Wildman–Crippen MR) is 79.0 cm³/mol. The van der Waals surface area contributed by atoms with Gasteiger partial charge in [-0.2, -0.15) is 18.3 Å². The Morgan fingerprint density at radius 1 is 1.13 bits per heavy atom. The van der Waals surface area contributed by atoms with Gasteiger partial charge in [-0.1, -0.05) is 6.07 Å². The highest BCUT2D eigenvalue weighted by atomic mass is 19.4. The molecule has 0 fully saturated rings. The standard InChI is InChI=1S/C15H15F3N4O/c1-10-5-6-13(22-21-10)19-7-8-20-14(23)11-3-2-4-12(9-11)15(16,17)18/h2-6,9H,7-8H2,1H3,(H,19,22)(H,20,23). The summed E-state index contributed by atoms with van der Waals surface area (Å²) in [5.74, 6) is -0.00296. The van der Waals surface area contributed by atoms with Crippen molar-refractivity contribution < 1.29 is 18.0 Å². The molecule has 0 spiro atoms. The summed E-state index contributed by atoms with van der Waals surface area (Å²) in [6.07, 6.45) is -4.47. The number of hydrogen-bond acceptors (Lipinski definition) is 4. The van der Waals surface area contributed by atoms with E-state index in [1.165, 1.54) is 12.1 Å². The van der Waals surface area contributed by atoms with Gasteiger partial charge in [0.25, 0.3) is 5.91 Å². The van der Waals surface area contributed by atoms with Gasteiger partial charge in [-0.25, -0.2) is 0 Å². The van der Waals surface area contributed by atoms with Gasteiger partial charge in [-0.15, -0.1) is 5.10 Å². The first-order valence-corrected chi connectivity index (χ1v) is 6.86. The van der Waals surface area contributed by atoms with Crippen molar-refractivity contribution in [2.75, 3.05) is 18.4 Å². The van der Waals surface area contributed by atoms with Gasteiger partial charge < -0.3 is 10.6 Å².